The molecule has 6 nitrogen and oxygen atoms in total. The lowest BCUT2D eigenvalue weighted by molar-refractivity contribution is -0.384. The molecule has 0 saturated carbocycles. The van der Waals surface area contributed by atoms with Gasteiger partial charge in [-0.1, -0.05) is 11.6 Å². The van der Waals surface area contributed by atoms with Crippen LogP contribution in [0.15, 0.2) is 18.2 Å². The standard InChI is InChI=1S/C14H21ClN4O2/c1-11(10-18-7-5-17(2)6-8-18)16-14-4-3-12(19(20)21)9-13(14)15/h3-4,9,11,16H,5-8,10H2,1-2H3. The van der Waals surface area contributed by atoms with Crippen molar-refractivity contribution in [2.45, 2.75) is 13.0 Å². The molecule has 21 heavy (non-hydrogen) atoms. The molecule has 2 rings (SSSR count). The second-order valence-corrected chi connectivity index (χ2v) is 5.98. The fourth-order valence-electron chi connectivity index (χ4n) is 2.46. The summed E-state index contributed by atoms with van der Waals surface area (Å²) in [7, 11) is 2.13. The Hall–Kier alpha value is -1.37. The Labute approximate surface area is 129 Å². The molecule has 0 bridgehead atoms. The SMILES string of the molecule is CC(CN1CCN(C)CC1)Nc1ccc([N+](=O)[O-])cc1Cl. The zero-order valence-electron chi connectivity index (χ0n) is 12.4. The number of halogens is 1. The van der Waals surface area contributed by atoms with Crippen molar-refractivity contribution in [3.8, 4) is 0 Å². The van der Waals surface area contributed by atoms with Crippen LogP contribution in [0.3, 0.4) is 0 Å². The lowest BCUT2D eigenvalue weighted by Crippen LogP contribution is -2.47. The summed E-state index contributed by atoms with van der Waals surface area (Å²) in [5.74, 6) is 0. The number of hydrogen-bond acceptors (Lipinski definition) is 5. The molecular weight excluding hydrogens is 292 g/mol. The molecule has 1 heterocycles. The number of nitrogens with zero attached hydrogens (tertiary/aromatic N) is 3. The van der Waals surface area contributed by atoms with Crippen LogP contribution < -0.4 is 5.32 Å². The minimum atomic E-state index is -0.441. The largest absolute Gasteiger partial charge is 0.380 e. The normalized spacial score (nSPS) is 18.4. The quantitative estimate of drug-likeness (QED) is 0.667. The smallest absolute Gasteiger partial charge is 0.271 e. The maximum atomic E-state index is 10.7. The van der Waals surface area contributed by atoms with Crippen molar-refractivity contribution in [3.05, 3.63) is 33.3 Å². The van der Waals surface area contributed by atoms with Gasteiger partial charge in [0.2, 0.25) is 0 Å². The lowest BCUT2D eigenvalue weighted by Gasteiger charge is -2.34. The number of hydrogen-bond donors (Lipinski definition) is 1. The third kappa shape index (κ3) is 4.56. The van der Waals surface area contributed by atoms with Crippen LogP contribution in [0.1, 0.15) is 6.92 Å². The Morgan fingerprint density at radius 1 is 1.38 bits per heavy atom. The van der Waals surface area contributed by atoms with E-state index in [1.807, 2.05) is 0 Å². The van der Waals surface area contributed by atoms with Crippen molar-refractivity contribution < 1.29 is 4.92 Å². The Bertz CT molecular complexity index is 504. The van der Waals surface area contributed by atoms with Gasteiger partial charge in [0.25, 0.3) is 5.69 Å². The molecule has 0 spiro atoms. The molecule has 1 aromatic rings. The monoisotopic (exact) mass is 312 g/mol. The van der Waals surface area contributed by atoms with Gasteiger partial charge in [-0.3, -0.25) is 15.0 Å². The number of nitrogens with one attached hydrogen (secondary N) is 1. The van der Waals surface area contributed by atoms with Crippen LogP contribution in [0.5, 0.6) is 0 Å². The molecule has 1 unspecified atom stereocenters. The highest BCUT2D eigenvalue weighted by Crippen LogP contribution is 2.27. The molecule has 1 aliphatic heterocycles. The third-order valence-electron chi connectivity index (χ3n) is 3.69. The first-order valence-electron chi connectivity index (χ1n) is 7.07. The second-order valence-electron chi connectivity index (χ2n) is 5.57. The van der Waals surface area contributed by atoms with Gasteiger partial charge in [-0.2, -0.15) is 0 Å². The highest BCUT2D eigenvalue weighted by Gasteiger charge is 2.17. The van der Waals surface area contributed by atoms with Gasteiger partial charge in [0.1, 0.15) is 0 Å². The van der Waals surface area contributed by atoms with E-state index in [-0.39, 0.29) is 11.7 Å². The molecule has 7 heteroatoms. The van der Waals surface area contributed by atoms with Crippen LogP contribution in [0, 0.1) is 10.1 Å². The van der Waals surface area contributed by atoms with Crippen LogP contribution in [0.25, 0.3) is 0 Å². The molecule has 116 valence electrons. The number of non-ortho nitro benzene ring substituents is 1. The molecule has 0 aliphatic carbocycles. The number of piperazine rings is 1. The Morgan fingerprint density at radius 3 is 2.62 bits per heavy atom. The van der Waals surface area contributed by atoms with E-state index in [9.17, 15) is 10.1 Å². The highest BCUT2D eigenvalue weighted by atomic mass is 35.5. The van der Waals surface area contributed by atoms with Crippen molar-refractivity contribution in [1.29, 1.82) is 0 Å². The molecule has 1 saturated heterocycles. The summed E-state index contributed by atoms with van der Waals surface area (Å²) >= 11 is 6.09. The first kappa shape index (κ1) is 16.0. The maximum Gasteiger partial charge on any atom is 0.271 e. The van der Waals surface area contributed by atoms with Gasteiger partial charge in [-0.15, -0.1) is 0 Å². The Kier molecular flexibility index (Phi) is 5.39. The van der Waals surface area contributed by atoms with Gasteiger partial charge >= 0.3 is 0 Å². The molecule has 1 atom stereocenters. The number of nitro benzene ring substituents is 1. The summed E-state index contributed by atoms with van der Waals surface area (Å²) in [5, 5.41) is 14.4. The zero-order valence-corrected chi connectivity index (χ0v) is 13.1. The van der Waals surface area contributed by atoms with E-state index in [2.05, 4.69) is 29.1 Å². The van der Waals surface area contributed by atoms with Crippen molar-refractivity contribution in [1.82, 2.24) is 9.80 Å². The number of rotatable bonds is 5. The van der Waals surface area contributed by atoms with Crippen molar-refractivity contribution >= 4 is 23.0 Å². The van der Waals surface area contributed by atoms with Crippen LogP contribution in [-0.4, -0.2) is 60.5 Å². The van der Waals surface area contributed by atoms with Crippen LogP contribution in [-0.2, 0) is 0 Å². The molecule has 1 N–H and O–H groups in total. The molecule has 1 aromatic carbocycles. The van der Waals surface area contributed by atoms with E-state index < -0.39 is 4.92 Å². The van der Waals surface area contributed by atoms with Crippen LogP contribution >= 0.6 is 11.6 Å². The van der Waals surface area contributed by atoms with Gasteiger partial charge in [0, 0.05) is 50.9 Å². The van der Waals surface area contributed by atoms with Crippen LogP contribution in [0.4, 0.5) is 11.4 Å². The maximum absolute atomic E-state index is 10.7. The molecule has 0 aromatic heterocycles. The van der Waals surface area contributed by atoms with Crippen molar-refractivity contribution in [3.63, 3.8) is 0 Å². The molecule has 1 fully saturated rings. The minimum absolute atomic E-state index is 0.0114. The molecular formula is C14H21ClN4O2. The number of benzene rings is 1. The Balaban J connectivity index is 1.90. The van der Waals surface area contributed by atoms with Gasteiger partial charge < -0.3 is 10.2 Å². The first-order valence-corrected chi connectivity index (χ1v) is 7.45. The summed E-state index contributed by atoms with van der Waals surface area (Å²) in [6.07, 6.45) is 0. The van der Waals surface area contributed by atoms with E-state index in [1.165, 1.54) is 12.1 Å². The van der Waals surface area contributed by atoms with Gasteiger partial charge in [0.05, 0.1) is 15.6 Å². The minimum Gasteiger partial charge on any atom is -0.380 e. The molecule has 0 amide bonds. The highest BCUT2D eigenvalue weighted by molar-refractivity contribution is 6.33. The van der Waals surface area contributed by atoms with Gasteiger partial charge in [-0.05, 0) is 20.0 Å². The number of nitro groups is 1. The van der Waals surface area contributed by atoms with Gasteiger partial charge in [0.15, 0.2) is 0 Å². The van der Waals surface area contributed by atoms with Crippen LogP contribution in [0.2, 0.25) is 5.02 Å². The van der Waals surface area contributed by atoms with Crippen molar-refractivity contribution in [2.75, 3.05) is 45.1 Å². The van der Waals surface area contributed by atoms with E-state index in [4.69, 9.17) is 11.6 Å². The average Bonchev–Trinajstić information content (AvgIpc) is 2.43. The van der Waals surface area contributed by atoms with Crippen molar-refractivity contribution in [2.24, 2.45) is 0 Å². The molecule has 0 radical (unpaired) electrons. The van der Waals surface area contributed by atoms with E-state index in [0.717, 1.165) is 38.4 Å². The summed E-state index contributed by atoms with van der Waals surface area (Å²) in [6, 6.07) is 4.75. The zero-order chi connectivity index (χ0) is 15.4. The third-order valence-corrected chi connectivity index (χ3v) is 4.01. The summed E-state index contributed by atoms with van der Waals surface area (Å²) in [4.78, 5) is 15.0. The van der Waals surface area contributed by atoms with E-state index in [0.29, 0.717) is 5.02 Å². The fraction of sp³-hybridized carbons (Fsp3) is 0.571. The summed E-state index contributed by atoms with van der Waals surface area (Å²) < 4.78 is 0. The lowest BCUT2D eigenvalue weighted by atomic mass is 10.2. The molecule has 1 aliphatic rings. The Morgan fingerprint density at radius 2 is 2.05 bits per heavy atom. The summed E-state index contributed by atoms with van der Waals surface area (Å²) in [6.45, 7) is 7.33. The fourth-order valence-corrected chi connectivity index (χ4v) is 2.69. The summed E-state index contributed by atoms with van der Waals surface area (Å²) in [5.41, 5.74) is 0.751. The second kappa shape index (κ2) is 7.06. The number of likely N-dealkylation sites (N-methyl/N-ethyl adjacent to an activating group) is 1. The van der Waals surface area contributed by atoms with E-state index in [1.54, 1.807) is 6.07 Å². The van der Waals surface area contributed by atoms with E-state index >= 15 is 0 Å². The van der Waals surface area contributed by atoms with Gasteiger partial charge in [-0.25, -0.2) is 0 Å². The number of anilines is 1. The first-order chi connectivity index (χ1) is 9.95. The topological polar surface area (TPSA) is 61.6 Å². The predicted octanol–water partition coefficient (Wildman–Crippen LogP) is 2.30. The average molecular weight is 313 g/mol. The predicted molar refractivity (Wildman–Crippen MR) is 85.1 cm³/mol.